The summed E-state index contributed by atoms with van der Waals surface area (Å²) < 4.78 is 5.75. The van der Waals surface area contributed by atoms with Crippen LogP contribution >= 0.6 is 0 Å². The zero-order chi connectivity index (χ0) is 19.0. The number of ether oxygens (including phenoxy) is 1. The smallest absolute Gasteiger partial charge is 0.268 e. The molecule has 4 rings (SSSR count). The molecule has 3 heterocycles. The van der Waals surface area contributed by atoms with Crippen molar-refractivity contribution in [2.75, 3.05) is 26.2 Å². The van der Waals surface area contributed by atoms with Gasteiger partial charge in [0, 0.05) is 43.2 Å². The zero-order valence-corrected chi connectivity index (χ0v) is 16.7. The summed E-state index contributed by atoms with van der Waals surface area (Å²) in [5.74, 6) is 0.0262. The third-order valence-electron chi connectivity index (χ3n) is 6.14. The molecule has 2 aliphatic rings. The number of carbonyl (C=O) groups is 1. The minimum Gasteiger partial charge on any atom is -0.377 e. The molecule has 1 unspecified atom stereocenters. The number of aromatic nitrogens is 1. The standard InChI is InChI=1S/C22H31N3O2/c1-14-11-15(2)20-19(12-14)16(3)21(24-20)22(26)23-17-6-8-25(9-7-17)13-18-5-4-10-27-18/h11-12,17-18,24H,4-10,13H2,1-3H3,(H,23,26). The summed E-state index contributed by atoms with van der Waals surface area (Å²) in [6, 6.07) is 4.57. The van der Waals surface area contributed by atoms with Crippen molar-refractivity contribution in [3.8, 4) is 0 Å². The normalized spacial score (nSPS) is 21.8. The molecule has 146 valence electrons. The molecular weight excluding hydrogens is 338 g/mol. The maximum atomic E-state index is 12.9. The Kier molecular flexibility index (Phi) is 5.24. The van der Waals surface area contributed by atoms with Gasteiger partial charge in [0.15, 0.2) is 0 Å². The number of rotatable bonds is 4. The Hall–Kier alpha value is -1.85. The third-order valence-corrected chi connectivity index (χ3v) is 6.14. The van der Waals surface area contributed by atoms with E-state index in [2.05, 4.69) is 41.2 Å². The topological polar surface area (TPSA) is 57.4 Å². The highest BCUT2D eigenvalue weighted by atomic mass is 16.5. The Labute approximate surface area is 161 Å². The van der Waals surface area contributed by atoms with Crippen molar-refractivity contribution >= 4 is 16.8 Å². The highest BCUT2D eigenvalue weighted by molar-refractivity contribution is 6.01. The largest absolute Gasteiger partial charge is 0.377 e. The van der Waals surface area contributed by atoms with Crippen molar-refractivity contribution in [2.24, 2.45) is 0 Å². The highest BCUT2D eigenvalue weighted by Gasteiger charge is 2.26. The van der Waals surface area contributed by atoms with Crippen LogP contribution in [0, 0.1) is 20.8 Å². The first-order valence-corrected chi connectivity index (χ1v) is 10.3. The lowest BCUT2D eigenvalue weighted by Gasteiger charge is -2.33. The van der Waals surface area contributed by atoms with Crippen molar-refractivity contribution in [2.45, 2.75) is 58.6 Å². The van der Waals surface area contributed by atoms with Gasteiger partial charge in [-0.25, -0.2) is 0 Å². The number of fused-ring (bicyclic) bond motifs is 1. The molecule has 0 radical (unpaired) electrons. The number of likely N-dealkylation sites (tertiary alicyclic amines) is 1. The van der Waals surface area contributed by atoms with Gasteiger partial charge in [-0.15, -0.1) is 0 Å². The van der Waals surface area contributed by atoms with Crippen molar-refractivity contribution in [1.82, 2.24) is 15.2 Å². The molecule has 5 nitrogen and oxygen atoms in total. The first-order valence-electron chi connectivity index (χ1n) is 10.3. The average molecular weight is 370 g/mol. The van der Waals surface area contributed by atoms with Crippen molar-refractivity contribution in [1.29, 1.82) is 0 Å². The summed E-state index contributed by atoms with van der Waals surface area (Å²) in [5.41, 5.74) is 5.25. The molecule has 1 aromatic heterocycles. The molecule has 0 bridgehead atoms. The molecule has 0 aliphatic carbocycles. The van der Waals surface area contributed by atoms with Gasteiger partial charge in [-0.05, 0) is 63.6 Å². The molecule has 2 aromatic rings. The first kappa shape index (κ1) is 18.5. The van der Waals surface area contributed by atoms with Gasteiger partial charge in [0.25, 0.3) is 5.91 Å². The number of carbonyl (C=O) groups excluding carboxylic acids is 1. The van der Waals surface area contributed by atoms with E-state index in [4.69, 9.17) is 4.74 Å². The van der Waals surface area contributed by atoms with Gasteiger partial charge >= 0.3 is 0 Å². The van der Waals surface area contributed by atoms with Crippen molar-refractivity contribution in [3.63, 3.8) is 0 Å². The fraction of sp³-hybridized carbons (Fsp3) is 0.591. The van der Waals surface area contributed by atoms with Crippen LogP contribution in [-0.2, 0) is 4.74 Å². The summed E-state index contributed by atoms with van der Waals surface area (Å²) in [6.07, 6.45) is 4.82. The number of hydrogen-bond acceptors (Lipinski definition) is 3. The van der Waals surface area contributed by atoms with Crippen LogP contribution in [0.1, 0.15) is 52.9 Å². The summed E-state index contributed by atoms with van der Waals surface area (Å²) in [5, 5.41) is 4.41. The lowest BCUT2D eigenvalue weighted by molar-refractivity contribution is 0.0612. The van der Waals surface area contributed by atoms with Crippen LogP contribution in [0.2, 0.25) is 0 Å². The van der Waals surface area contributed by atoms with E-state index >= 15 is 0 Å². The number of piperidine rings is 1. The van der Waals surface area contributed by atoms with Gasteiger partial charge < -0.3 is 19.9 Å². The summed E-state index contributed by atoms with van der Waals surface area (Å²) >= 11 is 0. The van der Waals surface area contributed by atoms with Crippen LogP contribution < -0.4 is 5.32 Å². The third kappa shape index (κ3) is 3.90. The molecule has 0 saturated carbocycles. The number of nitrogens with one attached hydrogen (secondary N) is 2. The summed E-state index contributed by atoms with van der Waals surface area (Å²) in [6.45, 7) is 10.3. The van der Waals surface area contributed by atoms with E-state index in [0.717, 1.165) is 55.5 Å². The summed E-state index contributed by atoms with van der Waals surface area (Å²) in [4.78, 5) is 18.7. The van der Waals surface area contributed by atoms with E-state index in [-0.39, 0.29) is 11.9 Å². The van der Waals surface area contributed by atoms with Crippen molar-refractivity contribution < 1.29 is 9.53 Å². The Morgan fingerprint density at radius 2 is 2.00 bits per heavy atom. The molecule has 1 amide bonds. The number of aromatic amines is 1. The molecule has 2 saturated heterocycles. The predicted octanol–water partition coefficient (Wildman–Crippen LogP) is 3.47. The number of H-pyrrole nitrogens is 1. The number of aryl methyl sites for hydroxylation is 3. The second-order valence-electron chi connectivity index (χ2n) is 8.31. The van der Waals surface area contributed by atoms with Crippen LogP contribution in [0.3, 0.4) is 0 Å². The number of hydrogen-bond donors (Lipinski definition) is 2. The van der Waals surface area contributed by atoms with Gasteiger partial charge in [-0.1, -0.05) is 11.6 Å². The average Bonchev–Trinajstić information content (AvgIpc) is 3.25. The number of nitrogens with zero attached hydrogens (tertiary/aromatic N) is 1. The maximum absolute atomic E-state index is 12.9. The first-order chi connectivity index (χ1) is 13.0. The molecule has 27 heavy (non-hydrogen) atoms. The monoisotopic (exact) mass is 369 g/mol. The van der Waals surface area contributed by atoms with E-state index in [1.165, 1.54) is 24.0 Å². The second-order valence-corrected chi connectivity index (χ2v) is 8.31. The Morgan fingerprint density at radius 3 is 2.70 bits per heavy atom. The van der Waals surface area contributed by atoms with Crippen LogP contribution in [0.15, 0.2) is 12.1 Å². The number of benzene rings is 1. The van der Waals surface area contributed by atoms with Gasteiger partial charge in [-0.2, -0.15) is 0 Å². The predicted molar refractivity (Wildman–Crippen MR) is 108 cm³/mol. The number of amides is 1. The lowest BCUT2D eigenvalue weighted by Crippen LogP contribution is -2.46. The van der Waals surface area contributed by atoms with Crippen LogP contribution in [0.4, 0.5) is 0 Å². The van der Waals surface area contributed by atoms with Crippen molar-refractivity contribution in [3.05, 3.63) is 34.5 Å². The Morgan fingerprint density at radius 1 is 1.22 bits per heavy atom. The minimum absolute atomic E-state index is 0.0262. The molecule has 2 N–H and O–H groups in total. The molecule has 1 atom stereocenters. The van der Waals surface area contributed by atoms with Gasteiger partial charge in [0.1, 0.15) is 5.69 Å². The van der Waals surface area contributed by atoms with Gasteiger partial charge in [-0.3, -0.25) is 4.79 Å². The molecule has 2 fully saturated rings. The molecule has 1 aromatic carbocycles. The van der Waals surface area contributed by atoms with E-state index in [1.807, 2.05) is 6.92 Å². The SMILES string of the molecule is Cc1cc(C)c2[nH]c(C(=O)NC3CCN(CC4CCCO4)CC3)c(C)c2c1. The lowest BCUT2D eigenvalue weighted by atomic mass is 10.0. The Balaban J connectivity index is 1.38. The fourth-order valence-electron chi connectivity index (χ4n) is 4.60. The minimum atomic E-state index is 0.0262. The molecular formula is C22H31N3O2. The van der Waals surface area contributed by atoms with Gasteiger partial charge in [0.05, 0.1) is 6.10 Å². The van der Waals surface area contributed by atoms with E-state index in [1.54, 1.807) is 0 Å². The van der Waals surface area contributed by atoms with E-state index < -0.39 is 0 Å². The zero-order valence-electron chi connectivity index (χ0n) is 16.7. The van der Waals surface area contributed by atoms with E-state index in [0.29, 0.717) is 11.8 Å². The quantitative estimate of drug-likeness (QED) is 0.868. The molecule has 5 heteroatoms. The summed E-state index contributed by atoms with van der Waals surface area (Å²) in [7, 11) is 0. The Bertz CT molecular complexity index is 828. The van der Waals surface area contributed by atoms with Gasteiger partial charge in [0.2, 0.25) is 0 Å². The van der Waals surface area contributed by atoms with Crippen LogP contribution in [0.5, 0.6) is 0 Å². The molecule has 2 aliphatic heterocycles. The van der Waals surface area contributed by atoms with Crippen LogP contribution in [-0.4, -0.2) is 54.2 Å². The molecule has 0 spiro atoms. The highest BCUT2D eigenvalue weighted by Crippen LogP contribution is 2.26. The van der Waals surface area contributed by atoms with E-state index in [9.17, 15) is 4.79 Å². The fourth-order valence-corrected chi connectivity index (χ4v) is 4.60. The second kappa shape index (κ2) is 7.64. The van der Waals surface area contributed by atoms with Crippen LogP contribution in [0.25, 0.3) is 10.9 Å². The maximum Gasteiger partial charge on any atom is 0.268 e.